The van der Waals surface area contributed by atoms with Crippen molar-refractivity contribution in [3.8, 4) is 0 Å². The molecule has 1 aliphatic carbocycles. The Morgan fingerprint density at radius 3 is 2.80 bits per heavy atom. The van der Waals surface area contributed by atoms with E-state index < -0.39 is 0 Å². The first-order valence-electron chi connectivity index (χ1n) is 10.8. The lowest BCUT2D eigenvalue weighted by atomic mass is 9.97. The van der Waals surface area contributed by atoms with Crippen LogP contribution in [0.4, 0.5) is 0 Å². The molecule has 2 heterocycles. The fourth-order valence-electron chi connectivity index (χ4n) is 4.14. The molecule has 0 bridgehead atoms. The van der Waals surface area contributed by atoms with Crippen molar-refractivity contribution in [2.45, 2.75) is 69.7 Å². The molecule has 0 radical (unpaired) electrons. The van der Waals surface area contributed by atoms with E-state index in [2.05, 4.69) is 10.3 Å². The van der Waals surface area contributed by atoms with Crippen molar-refractivity contribution in [2.75, 3.05) is 12.4 Å². The van der Waals surface area contributed by atoms with Gasteiger partial charge in [-0.3, -0.25) is 9.36 Å². The first kappa shape index (κ1) is 21.1. The van der Waals surface area contributed by atoms with E-state index in [-0.39, 0.29) is 23.5 Å². The van der Waals surface area contributed by atoms with Gasteiger partial charge < -0.3 is 10.1 Å². The molecule has 1 saturated heterocycles. The van der Waals surface area contributed by atoms with Gasteiger partial charge in [0.2, 0.25) is 5.91 Å². The molecule has 4 rings (SSSR count). The molecule has 1 aromatic carbocycles. The quantitative estimate of drug-likeness (QED) is 0.543. The summed E-state index contributed by atoms with van der Waals surface area (Å²) in [6.07, 6.45) is 6.17. The second kappa shape index (κ2) is 9.79. The number of carbonyl (C=O) groups excluding carboxylic acids is 1. The molecule has 1 amide bonds. The summed E-state index contributed by atoms with van der Waals surface area (Å²) in [7, 11) is 0. The average molecular weight is 428 g/mol. The molecule has 0 saturated carbocycles. The Balaban J connectivity index is 1.42. The number of aryl methyl sites for hydroxylation is 1. The highest BCUT2D eigenvalue weighted by molar-refractivity contribution is 7.99. The fraction of sp³-hybridized carbons (Fsp3) is 0.522. The van der Waals surface area contributed by atoms with E-state index >= 15 is 0 Å². The molecule has 7 heteroatoms. The molecule has 2 aromatic rings. The molecule has 1 aromatic heterocycles. The van der Waals surface area contributed by atoms with E-state index in [1.807, 2.05) is 35.8 Å². The zero-order chi connectivity index (χ0) is 20.9. The molecule has 6 nitrogen and oxygen atoms in total. The highest BCUT2D eigenvalue weighted by Gasteiger charge is 2.24. The van der Waals surface area contributed by atoms with E-state index in [1.54, 1.807) is 0 Å². The van der Waals surface area contributed by atoms with Crippen molar-refractivity contribution in [2.24, 2.45) is 0 Å². The van der Waals surface area contributed by atoms with Crippen LogP contribution in [0.2, 0.25) is 0 Å². The lowest BCUT2D eigenvalue weighted by molar-refractivity contribution is -0.118. The van der Waals surface area contributed by atoms with Gasteiger partial charge in [-0.1, -0.05) is 41.6 Å². The van der Waals surface area contributed by atoms with Crippen LogP contribution in [0.1, 0.15) is 48.1 Å². The molecule has 160 valence electrons. The zero-order valence-electron chi connectivity index (χ0n) is 17.5. The summed E-state index contributed by atoms with van der Waals surface area (Å²) in [5.41, 5.74) is 4.31. The third kappa shape index (κ3) is 5.13. The Hall–Kier alpha value is -2.12. The molecule has 1 atom stereocenters. The van der Waals surface area contributed by atoms with Crippen LogP contribution in [0.5, 0.6) is 0 Å². The Bertz CT molecular complexity index is 949. The van der Waals surface area contributed by atoms with Gasteiger partial charge in [0.25, 0.3) is 0 Å². The summed E-state index contributed by atoms with van der Waals surface area (Å²) in [6, 6.07) is 8.12. The number of nitrogens with one attached hydrogen (secondary N) is 1. The lowest BCUT2D eigenvalue weighted by Crippen LogP contribution is -2.34. The lowest BCUT2D eigenvalue weighted by Gasteiger charge is -2.24. The standard InChI is InChI=1S/C23H29N3O3S/c1-16-8-10-17(11-9-16)13-24-21(27)15-30-22-19-6-2-3-7-20(19)26(23(28)25-22)14-18-5-4-12-29-18/h8-11,18H,2-7,12-15H2,1H3,(H,24,27). The summed E-state index contributed by atoms with van der Waals surface area (Å²) in [5, 5.41) is 3.68. The average Bonchev–Trinajstić information content (AvgIpc) is 3.27. The van der Waals surface area contributed by atoms with Crippen LogP contribution in [0.15, 0.2) is 34.1 Å². The highest BCUT2D eigenvalue weighted by Crippen LogP contribution is 2.29. The minimum absolute atomic E-state index is 0.0459. The normalized spacial score (nSPS) is 18.2. The Morgan fingerprint density at radius 1 is 1.23 bits per heavy atom. The number of carbonyl (C=O) groups is 1. The van der Waals surface area contributed by atoms with Crippen molar-refractivity contribution >= 4 is 17.7 Å². The van der Waals surface area contributed by atoms with Crippen molar-refractivity contribution in [3.05, 3.63) is 57.1 Å². The molecular weight excluding hydrogens is 398 g/mol. The van der Waals surface area contributed by atoms with E-state index in [4.69, 9.17) is 4.74 Å². The van der Waals surface area contributed by atoms with Gasteiger partial charge in [-0.05, 0) is 51.0 Å². The van der Waals surface area contributed by atoms with Gasteiger partial charge in [-0.25, -0.2) is 4.79 Å². The minimum Gasteiger partial charge on any atom is -0.376 e. The highest BCUT2D eigenvalue weighted by atomic mass is 32.2. The van der Waals surface area contributed by atoms with Crippen LogP contribution < -0.4 is 11.0 Å². The first-order chi connectivity index (χ1) is 14.6. The maximum absolute atomic E-state index is 12.8. The monoisotopic (exact) mass is 427 g/mol. The third-order valence-electron chi connectivity index (χ3n) is 5.81. The van der Waals surface area contributed by atoms with E-state index in [0.29, 0.717) is 13.1 Å². The predicted octanol–water partition coefficient (Wildman–Crippen LogP) is 3.02. The SMILES string of the molecule is Cc1ccc(CNC(=O)CSc2nc(=O)n(CC3CCCO3)c3c2CCCC3)cc1. The molecule has 1 fully saturated rings. The van der Waals surface area contributed by atoms with Crippen molar-refractivity contribution < 1.29 is 9.53 Å². The van der Waals surface area contributed by atoms with Gasteiger partial charge in [0, 0.05) is 24.4 Å². The summed E-state index contributed by atoms with van der Waals surface area (Å²) in [6.45, 7) is 3.92. The van der Waals surface area contributed by atoms with Crippen LogP contribution in [0.25, 0.3) is 0 Å². The van der Waals surface area contributed by atoms with Crippen molar-refractivity contribution in [1.82, 2.24) is 14.9 Å². The first-order valence-corrected chi connectivity index (χ1v) is 11.8. The number of fused-ring (bicyclic) bond motifs is 1. The van der Waals surface area contributed by atoms with Crippen molar-refractivity contribution in [1.29, 1.82) is 0 Å². The Kier molecular flexibility index (Phi) is 6.89. The molecule has 1 N–H and O–H groups in total. The molecule has 2 aliphatic rings. The zero-order valence-corrected chi connectivity index (χ0v) is 18.3. The molecule has 0 spiro atoms. The van der Waals surface area contributed by atoms with Crippen molar-refractivity contribution in [3.63, 3.8) is 0 Å². The largest absolute Gasteiger partial charge is 0.376 e. The number of benzene rings is 1. The van der Waals surface area contributed by atoms with E-state index in [9.17, 15) is 9.59 Å². The number of hydrogen-bond donors (Lipinski definition) is 1. The van der Waals surface area contributed by atoms with Gasteiger partial charge in [-0.15, -0.1) is 0 Å². The molecule has 1 unspecified atom stereocenters. The van der Waals surface area contributed by atoms with Gasteiger partial charge in [0.05, 0.1) is 18.4 Å². The number of rotatable bonds is 7. The third-order valence-corrected chi connectivity index (χ3v) is 6.83. The maximum Gasteiger partial charge on any atom is 0.348 e. The number of nitrogens with zero attached hydrogens (tertiary/aromatic N) is 2. The van der Waals surface area contributed by atoms with Gasteiger partial charge in [0.15, 0.2) is 0 Å². The molecule has 1 aliphatic heterocycles. The summed E-state index contributed by atoms with van der Waals surface area (Å²) >= 11 is 1.38. The van der Waals surface area contributed by atoms with E-state index in [1.165, 1.54) is 17.3 Å². The Labute approximate surface area is 181 Å². The topological polar surface area (TPSA) is 73.2 Å². The smallest absolute Gasteiger partial charge is 0.348 e. The van der Waals surface area contributed by atoms with Gasteiger partial charge in [0.1, 0.15) is 5.03 Å². The van der Waals surface area contributed by atoms with Gasteiger partial charge >= 0.3 is 5.69 Å². The maximum atomic E-state index is 12.8. The van der Waals surface area contributed by atoms with Crippen LogP contribution in [0.3, 0.4) is 0 Å². The van der Waals surface area contributed by atoms with Crippen LogP contribution >= 0.6 is 11.8 Å². The molecule has 30 heavy (non-hydrogen) atoms. The van der Waals surface area contributed by atoms with Crippen LogP contribution in [0, 0.1) is 6.92 Å². The van der Waals surface area contributed by atoms with Crippen LogP contribution in [-0.4, -0.2) is 33.9 Å². The number of thioether (sulfide) groups is 1. The number of ether oxygens (including phenoxy) is 1. The Morgan fingerprint density at radius 2 is 2.03 bits per heavy atom. The number of hydrogen-bond acceptors (Lipinski definition) is 5. The van der Waals surface area contributed by atoms with Gasteiger partial charge in [-0.2, -0.15) is 4.98 Å². The summed E-state index contributed by atoms with van der Waals surface area (Å²) in [4.78, 5) is 29.5. The van der Waals surface area contributed by atoms with Crippen LogP contribution in [-0.2, 0) is 35.5 Å². The predicted molar refractivity (Wildman–Crippen MR) is 118 cm³/mol. The summed E-state index contributed by atoms with van der Waals surface area (Å²) in [5.74, 6) is 0.219. The minimum atomic E-state index is -0.214. The fourth-order valence-corrected chi connectivity index (χ4v) is 5.05. The number of amides is 1. The number of aromatic nitrogens is 2. The van der Waals surface area contributed by atoms with E-state index in [0.717, 1.165) is 67.0 Å². The second-order valence-corrected chi connectivity index (χ2v) is 9.09. The summed E-state index contributed by atoms with van der Waals surface area (Å²) < 4.78 is 7.56. The second-order valence-electron chi connectivity index (χ2n) is 8.13. The molecular formula is C23H29N3O3S.